The van der Waals surface area contributed by atoms with Crippen LogP contribution in [-0.4, -0.2) is 5.78 Å². The molecule has 0 aliphatic heterocycles. The third-order valence-corrected chi connectivity index (χ3v) is 4.60. The molecule has 0 N–H and O–H groups in total. The lowest BCUT2D eigenvalue weighted by Crippen LogP contribution is -2.33. The highest BCUT2D eigenvalue weighted by molar-refractivity contribution is 5.91. The highest BCUT2D eigenvalue weighted by Gasteiger charge is 2.44. The van der Waals surface area contributed by atoms with Crippen molar-refractivity contribution in [2.24, 2.45) is 17.3 Å². The molecule has 16 heavy (non-hydrogen) atoms. The van der Waals surface area contributed by atoms with E-state index < -0.39 is 0 Å². The van der Waals surface area contributed by atoms with Crippen molar-refractivity contribution in [2.45, 2.75) is 47.0 Å². The van der Waals surface area contributed by atoms with Gasteiger partial charge in [-0.2, -0.15) is 0 Å². The zero-order valence-corrected chi connectivity index (χ0v) is 10.8. The van der Waals surface area contributed by atoms with Crippen molar-refractivity contribution >= 4 is 5.78 Å². The van der Waals surface area contributed by atoms with Crippen LogP contribution in [0.2, 0.25) is 0 Å². The van der Waals surface area contributed by atoms with Crippen molar-refractivity contribution in [3.8, 4) is 0 Å². The molecule has 1 spiro atoms. The third-order valence-electron chi connectivity index (χ3n) is 4.60. The minimum Gasteiger partial charge on any atom is -0.295 e. The molecule has 0 aromatic carbocycles. The van der Waals surface area contributed by atoms with E-state index in [-0.39, 0.29) is 5.41 Å². The fraction of sp³-hybridized carbons (Fsp3) is 0.667. The van der Waals surface area contributed by atoms with Crippen LogP contribution in [-0.2, 0) is 4.79 Å². The third kappa shape index (κ3) is 1.66. The maximum Gasteiger partial charge on any atom is 0.155 e. The Labute approximate surface area is 98.6 Å². The summed E-state index contributed by atoms with van der Waals surface area (Å²) >= 11 is 0. The van der Waals surface area contributed by atoms with E-state index >= 15 is 0 Å². The summed E-state index contributed by atoms with van der Waals surface area (Å²) in [5, 5.41) is 0. The minimum absolute atomic E-state index is 0.271. The Balaban J connectivity index is 2.28. The molecule has 1 unspecified atom stereocenters. The molecule has 0 amide bonds. The first-order valence-corrected chi connectivity index (χ1v) is 6.36. The van der Waals surface area contributed by atoms with Gasteiger partial charge in [0.2, 0.25) is 0 Å². The molecule has 0 radical (unpaired) electrons. The van der Waals surface area contributed by atoms with Crippen LogP contribution in [0, 0.1) is 17.3 Å². The first-order chi connectivity index (χ1) is 7.45. The molecule has 0 aromatic heterocycles. The number of rotatable bonds is 1. The van der Waals surface area contributed by atoms with Gasteiger partial charge in [-0.25, -0.2) is 0 Å². The van der Waals surface area contributed by atoms with Gasteiger partial charge in [-0.1, -0.05) is 38.0 Å². The molecule has 0 saturated heterocycles. The molecule has 2 aliphatic rings. The highest BCUT2D eigenvalue weighted by Crippen LogP contribution is 2.53. The highest BCUT2D eigenvalue weighted by atomic mass is 16.1. The lowest BCUT2D eigenvalue weighted by molar-refractivity contribution is -0.117. The molecule has 1 nitrogen and oxygen atoms in total. The predicted octanol–water partition coefficient (Wildman–Crippen LogP) is 3.90. The van der Waals surface area contributed by atoms with Crippen LogP contribution in [0.1, 0.15) is 47.0 Å². The second-order valence-corrected chi connectivity index (χ2v) is 5.87. The zero-order chi connectivity index (χ0) is 11.9. The van der Waals surface area contributed by atoms with Gasteiger partial charge >= 0.3 is 0 Å². The summed E-state index contributed by atoms with van der Waals surface area (Å²) in [7, 11) is 0. The summed E-state index contributed by atoms with van der Waals surface area (Å²) in [6.07, 6.45) is 7.33. The van der Waals surface area contributed by atoms with Crippen molar-refractivity contribution in [3.05, 3.63) is 23.3 Å². The Morgan fingerprint density at radius 2 is 2.12 bits per heavy atom. The van der Waals surface area contributed by atoms with E-state index in [1.807, 2.05) is 6.08 Å². The molecule has 0 heterocycles. The first-order valence-electron chi connectivity index (χ1n) is 6.36. The summed E-state index contributed by atoms with van der Waals surface area (Å²) in [5.41, 5.74) is 3.16. The number of carbonyl (C=O) groups is 1. The van der Waals surface area contributed by atoms with Gasteiger partial charge in [-0.3, -0.25) is 4.79 Å². The van der Waals surface area contributed by atoms with E-state index in [0.29, 0.717) is 17.6 Å². The molecule has 2 atom stereocenters. The number of allylic oxidation sites excluding steroid dienone is 4. The largest absolute Gasteiger partial charge is 0.295 e. The lowest BCUT2D eigenvalue weighted by atomic mass is 9.64. The average molecular weight is 218 g/mol. The summed E-state index contributed by atoms with van der Waals surface area (Å²) in [4.78, 5) is 11.5. The number of hydrogen-bond donors (Lipinski definition) is 0. The first kappa shape index (κ1) is 11.6. The van der Waals surface area contributed by atoms with Crippen LogP contribution in [0.15, 0.2) is 23.3 Å². The molecule has 1 heteroatoms. The quantitative estimate of drug-likeness (QED) is 0.610. The molecule has 0 aromatic rings. The van der Waals surface area contributed by atoms with E-state index in [1.54, 1.807) is 5.57 Å². The van der Waals surface area contributed by atoms with E-state index in [9.17, 15) is 4.79 Å². The molecule has 0 saturated carbocycles. The summed E-state index contributed by atoms with van der Waals surface area (Å²) in [6.45, 7) is 8.92. The zero-order valence-electron chi connectivity index (χ0n) is 10.8. The Bertz CT molecular complexity index is 373. The molecule has 0 fully saturated rings. The van der Waals surface area contributed by atoms with Crippen molar-refractivity contribution in [1.82, 2.24) is 0 Å². The van der Waals surface area contributed by atoms with E-state index in [0.717, 1.165) is 12.8 Å². The van der Waals surface area contributed by atoms with Crippen LogP contribution >= 0.6 is 0 Å². The normalized spacial score (nSPS) is 34.6. The summed E-state index contributed by atoms with van der Waals surface area (Å²) in [5.74, 6) is 1.46. The van der Waals surface area contributed by atoms with Crippen LogP contribution < -0.4 is 0 Å². The van der Waals surface area contributed by atoms with E-state index in [1.165, 1.54) is 12.0 Å². The van der Waals surface area contributed by atoms with E-state index in [2.05, 4.69) is 33.8 Å². The van der Waals surface area contributed by atoms with Gasteiger partial charge in [-0.05, 0) is 37.7 Å². The van der Waals surface area contributed by atoms with Gasteiger partial charge in [0, 0.05) is 11.8 Å². The molecule has 2 rings (SSSR count). The fourth-order valence-corrected chi connectivity index (χ4v) is 3.27. The number of carbonyl (C=O) groups excluding carboxylic acids is 1. The summed E-state index contributed by atoms with van der Waals surface area (Å²) in [6, 6.07) is 0. The van der Waals surface area contributed by atoms with Crippen LogP contribution in [0.4, 0.5) is 0 Å². The van der Waals surface area contributed by atoms with Crippen molar-refractivity contribution in [1.29, 1.82) is 0 Å². The van der Waals surface area contributed by atoms with Crippen molar-refractivity contribution in [3.63, 3.8) is 0 Å². The Morgan fingerprint density at radius 3 is 2.62 bits per heavy atom. The number of hydrogen-bond acceptors (Lipinski definition) is 1. The molecule has 88 valence electrons. The fourth-order valence-electron chi connectivity index (χ4n) is 3.27. The van der Waals surface area contributed by atoms with E-state index in [4.69, 9.17) is 0 Å². The van der Waals surface area contributed by atoms with Gasteiger partial charge in [0.1, 0.15) is 0 Å². The molecule has 0 bridgehead atoms. The molecular formula is C15H22O. The monoisotopic (exact) mass is 218 g/mol. The van der Waals surface area contributed by atoms with Gasteiger partial charge in [0.05, 0.1) is 0 Å². The maximum atomic E-state index is 11.5. The second kappa shape index (κ2) is 3.87. The molecular weight excluding hydrogens is 196 g/mol. The van der Waals surface area contributed by atoms with Gasteiger partial charge < -0.3 is 0 Å². The van der Waals surface area contributed by atoms with Gasteiger partial charge in [0.15, 0.2) is 5.78 Å². The Morgan fingerprint density at radius 1 is 1.44 bits per heavy atom. The Hall–Kier alpha value is -0.850. The Kier molecular flexibility index (Phi) is 2.81. The maximum absolute atomic E-state index is 11.5. The van der Waals surface area contributed by atoms with Crippen LogP contribution in [0.3, 0.4) is 0 Å². The second-order valence-electron chi connectivity index (χ2n) is 5.87. The van der Waals surface area contributed by atoms with Crippen LogP contribution in [0.25, 0.3) is 0 Å². The van der Waals surface area contributed by atoms with Gasteiger partial charge in [-0.15, -0.1) is 0 Å². The summed E-state index contributed by atoms with van der Waals surface area (Å²) < 4.78 is 0. The lowest BCUT2D eigenvalue weighted by Gasteiger charge is -2.40. The number of ketones is 1. The molecule has 2 aliphatic carbocycles. The van der Waals surface area contributed by atoms with Crippen molar-refractivity contribution in [2.75, 3.05) is 0 Å². The minimum atomic E-state index is 0.271. The topological polar surface area (TPSA) is 17.1 Å². The smallest absolute Gasteiger partial charge is 0.155 e. The standard InChI is InChI=1S/C15H22O/c1-10(2)13-5-6-15(9-13)11(3)7-14(16)8-12(15)4/h5,7,10,12H,6,8-9H2,1-4H3/t12-,15?/m1/s1. The van der Waals surface area contributed by atoms with Gasteiger partial charge in [0.25, 0.3) is 0 Å². The SMILES string of the molecule is CC1=CC(=O)C[C@@H](C)C12CC=C(C(C)C)C2. The average Bonchev–Trinajstić information content (AvgIpc) is 2.60. The predicted molar refractivity (Wildman–Crippen MR) is 67.1 cm³/mol. The van der Waals surface area contributed by atoms with Crippen molar-refractivity contribution < 1.29 is 4.79 Å². The van der Waals surface area contributed by atoms with Crippen LogP contribution in [0.5, 0.6) is 0 Å².